The summed E-state index contributed by atoms with van der Waals surface area (Å²) in [6.07, 6.45) is 4.41. The number of halogens is 1. The lowest BCUT2D eigenvalue weighted by molar-refractivity contribution is 0.211. The molecule has 2 aromatic heterocycles. The molecule has 1 saturated heterocycles. The summed E-state index contributed by atoms with van der Waals surface area (Å²) in [5.74, 6) is 1.00. The molecule has 166 valence electrons. The summed E-state index contributed by atoms with van der Waals surface area (Å²) in [7, 11) is -1.76. The number of amides is 2. The number of aromatic nitrogens is 3. The summed E-state index contributed by atoms with van der Waals surface area (Å²) < 4.78 is 8.81. The van der Waals surface area contributed by atoms with Crippen LogP contribution < -0.4 is 4.90 Å². The van der Waals surface area contributed by atoms with Crippen molar-refractivity contribution in [2.24, 2.45) is 5.92 Å². The van der Waals surface area contributed by atoms with Gasteiger partial charge in [0.2, 0.25) is 0 Å². The smallest absolute Gasteiger partial charge is 0.326 e. The molecule has 0 saturated carbocycles. The molecule has 0 aliphatic carbocycles. The van der Waals surface area contributed by atoms with Crippen molar-refractivity contribution in [2.75, 3.05) is 24.6 Å². The van der Waals surface area contributed by atoms with E-state index in [4.69, 9.17) is 9.41 Å². The molecule has 1 aliphatic rings. The predicted molar refractivity (Wildman–Crippen MR) is 127 cm³/mol. The van der Waals surface area contributed by atoms with Gasteiger partial charge in [0.15, 0.2) is 14.0 Å². The topological polar surface area (TPSA) is 63.0 Å². The van der Waals surface area contributed by atoms with Gasteiger partial charge < -0.3 is 9.33 Å². The number of hydrogen-bond donors (Lipinski definition) is 0. The van der Waals surface area contributed by atoms with Crippen LogP contribution in [0.5, 0.6) is 0 Å². The van der Waals surface area contributed by atoms with Gasteiger partial charge in [-0.3, -0.25) is 4.90 Å². The Kier molecular flexibility index (Phi) is 6.65. The fourth-order valence-corrected chi connectivity index (χ4v) is 4.86. The number of rotatable bonds is 7. The molecule has 7 nitrogen and oxygen atoms in total. The van der Waals surface area contributed by atoms with Gasteiger partial charge in [0.05, 0.1) is 16.7 Å². The van der Waals surface area contributed by atoms with Crippen molar-refractivity contribution < 1.29 is 9.22 Å². The maximum absolute atomic E-state index is 13.3. The molecule has 1 unspecified atom stereocenters. The van der Waals surface area contributed by atoms with Gasteiger partial charge in [0, 0.05) is 25.9 Å². The first-order valence-electron chi connectivity index (χ1n) is 10.6. The SMILES string of the molecule is CC(C)C1CN(CCCO[Si](C)(C)C(C)(C)C)C(=O)N1c1ccn2ncc(Br)c2n1. The number of carbonyl (C=O) groups is 1. The molecular weight excluding hydrogens is 462 g/mol. The lowest BCUT2D eigenvalue weighted by Crippen LogP contribution is -2.41. The Morgan fingerprint density at radius 2 is 2.03 bits per heavy atom. The van der Waals surface area contributed by atoms with Crippen LogP contribution in [0.15, 0.2) is 22.9 Å². The second kappa shape index (κ2) is 8.59. The Morgan fingerprint density at radius 3 is 2.67 bits per heavy atom. The minimum atomic E-state index is -1.76. The normalized spacial score (nSPS) is 18.3. The van der Waals surface area contributed by atoms with Crippen LogP contribution in [-0.2, 0) is 4.43 Å². The highest BCUT2D eigenvalue weighted by atomic mass is 79.9. The van der Waals surface area contributed by atoms with Gasteiger partial charge in [0.25, 0.3) is 0 Å². The lowest BCUT2D eigenvalue weighted by atomic mass is 10.0. The Hall–Kier alpha value is -1.45. The molecule has 1 atom stereocenters. The summed E-state index contributed by atoms with van der Waals surface area (Å²) in [5, 5.41) is 4.44. The largest absolute Gasteiger partial charge is 0.417 e. The van der Waals surface area contributed by atoms with E-state index >= 15 is 0 Å². The standard InChI is InChI=1S/C21H34BrN5O2Si/c1-15(2)17-14-25(10-8-12-29-30(6,7)21(3,4)5)20(28)27(17)18-9-11-26-19(24-18)16(22)13-23-26/h9,11,13,15,17H,8,10,12,14H2,1-7H3. The van der Waals surface area contributed by atoms with E-state index < -0.39 is 8.32 Å². The molecule has 0 N–H and O–H groups in total. The molecule has 9 heteroatoms. The fraction of sp³-hybridized carbons (Fsp3) is 0.667. The van der Waals surface area contributed by atoms with Crippen molar-refractivity contribution in [3.8, 4) is 0 Å². The summed E-state index contributed by atoms with van der Waals surface area (Å²) in [5.41, 5.74) is 0.712. The van der Waals surface area contributed by atoms with Crippen LogP contribution >= 0.6 is 15.9 Å². The van der Waals surface area contributed by atoms with Gasteiger partial charge in [-0.05, 0) is 52.5 Å². The van der Waals surface area contributed by atoms with E-state index in [0.717, 1.165) is 10.9 Å². The zero-order chi connectivity index (χ0) is 22.3. The van der Waals surface area contributed by atoms with Gasteiger partial charge in [-0.25, -0.2) is 14.3 Å². The van der Waals surface area contributed by atoms with Crippen LogP contribution in [0.4, 0.5) is 10.6 Å². The van der Waals surface area contributed by atoms with Gasteiger partial charge in [-0.15, -0.1) is 0 Å². The molecule has 1 aliphatic heterocycles. The van der Waals surface area contributed by atoms with Crippen LogP contribution in [-0.4, -0.2) is 59.6 Å². The monoisotopic (exact) mass is 495 g/mol. The van der Waals surface area contributed by atoms with Crippen LogP contribution in [0.3, 0.4) is 0 Å². The van der Waals surface area contributed by atoms with Crippen LogP contribution in [0, 0.1) is 5.92 Å². The van der Waals surface area contributed by atoms with Gasteiger partial charge in [-0.2, -0.15) is 5.10 Å². The molecule has 2 aromatic rings. The summed E-state index contributed by atoms with van der Waals surface area (Å²) in [4.78, 5) is 21.8. The van der Waals surface area contributed by atoms with Crippen molar-refractivity contribution in [3.63, 3.8) is 0 Å². The molecule has 2 amide bonds. The third-order valence-electron chi connectivity index (χ3n) is 6.38. The van der Waals surface area contributed by atoms with E-state index in [2.05, 4.69) is 68.7 Å². The van der Waals surface area contributed by atoms with Crippen molar-refractivity contribution in [2.45, 2.75) is 65.2 Å². The average Bonchev–Trinajstić information content (AvgIpc) is 3.18. The first kappa shape index (κ1) is 23.2. The highest BCUT2D eigenvalue weighted by Crippen LogP contribution is 2.36. The minimum Gasteiger partial charge on any atom is -0.417 e. The van der Waals surface area contributed by atoms with E-state index in [0.29, 0.717) is 37.1 Å². The first-order valence-corrected chi connectivity index (χ1v) is 14.3. The van der Waals surface area contributed by atoms with E-state index in [-0.39, 0.29) is 17.1 Å². The second-order valence-corrected chi connectivity index (χ2v) is 15.6. The van der Waals surface area contributed by atoms with E-state index in [1.807, 2.05) is 22.1 Å². The number of urea groups is 1. The molecule has 0 spiro atoms. The molecular formula is C21H34BrN5O2Si. The van der Waals surface area contributed by atoms with Gasteiger partial charge >= 0.3 is 6.03 Å². The molecule has 3 heterocycles. The van der Waals surface area contributed by atoms with Crippen molar-refractivity contribution >= 4 is 41.7 Å². The maximum atomic E-state index is 13.3. The van der Waals surface area contributed by atoms with Crippen molar-refractivity contribution in [1.29, 1.82) is 0 Å². The number of nitrogens with zero attached hydrogens (tertiary/aromatic N) is 5. The Balaban J connectivity index is 1.70. The Labute approximate surface area is 189 Å². The third kappa shape index (κ3) is 4.57. The molecule has 1 fully saturated rings. The summed E-state index contributed by atoms with van der Waals surface area (Å²) in [6, 6.07) is 1.98. The zero-order valence-electron chi connectivity index (χ0n) is 19.1. The van der Waals surface area contributed by atoms with E-state index in [1.165, 1.54) is 0 Å². The molecule has 0 bridgehead atoms. The van der Waals surface area contributed by atoms with Crippen LogP contribution in [0.2, 0.25) is 18.1 Å². The van der Waals surface area contributed by atoms with Gasteiger partial charge in [0.1, 0.15) is 5.82 Å². The predicted octanol–water partition coefficient (Wildman–Crippen LogP) is 5.17. The van der Waals surface area contributed by atoms with Crippen molar-refractivity contribution in [1.82, 2.24) is 19.5 Å². The number of hydrogen-bond acceptors (Lipinski definition) is 4. The first-order chi connectivity index (χ1) is 13.9. The van der Waals surface area contributed by atoms with Crippen LogP contribution in [0.25, 0.3) is 5.65 Å². The Morgan fingerprint density at radius 1 is 1.33 bits per heavy atom. The number of carbonyl (C=O) groups excluding carboxylic acids is 1. The highest BCUT2D eigenvalue weighted by Gasteiger charge is 2.41. The summed E-state index contributed by atoms with van der Waals surface area (Å²) in [6.45, 7) is 17.7. The molecule has 30 heavy (non-hydrogen) atoms. The zero-order valence-corrected chi connectivity index (χ0v) is 21.7. The minimum absolute atomic E-state index is 0.0218. The van der Waals surface area contributed by atoms with E-state index in [1.54, 1.807) is 10.7 Å². The fourth-order valence-electron chi connectivity index (χ4n) is 3.41. The van der Waals surface area contributed by atoms with Crippen LogP contribution in [0.1, 0.15) is 41.0 Å². The molecule has 0 radical (unpaired) electrons. The third-order valence-corrected chi connectivity index (χ3v) is 11.5. The maximum Gasteiger partial charge on any atom is 0.326 e. The van der Waals surface area contributed by atoms with Gasteiger partial charge in [-0.1, -0.05) is 34.6 Å². The van der Waals surface area contributed by atoms with E-state index in [9.17, 15) is 4.79 Å². The number of anilines is 1. The molecule has 3 rings (SSSR count). The lowest BCUT2D eigenvalue weighted by Gasteiger charge is -2.36. The summed E-state index contributed by atoms with van der Waals surface area (Å²) >= 11 is 3.48. The quantitative estimate of drug-likeness (QED) is 0.392. The molecule has 0 aromatic carbocycles. The Bertz CT molecular complexity index is 908. The highest BCUT2D eigenvalue weighted by molar-refractivity contribution is 9.10. The number of fused-ring (bicyclic) bond motifs is 1. The average molecular weight is 497 g/mol. The second-order valence-electron chi connectivity index (χ2n) is 9.92. The van der Waals surface area contributed by atoms with Crippen molar-refractivity contribution in [3.05, 3.63) is 22.9 Å².